The number of rotatable bonds is 5. The third-order valence-electron chi connectivity index (χ3n) is 2.46. The highest BCUT2D eigenvalue weighted by Gasteiger charge is 2.24. The molecule has 1 aromatic carbocycles. The second kappa shape index (κ2) is 6.20. The molecule has 0 spiro atoms. The van der Waals surface area contributed by atoms with Gasteiger partial charge >= 0.3 is 5.97 Å². The Morgan fingerprint density at radius 1 is 1.47 bits per heavy atom. The predicted octanol–water partition coefficient (Wildman–Crippen LogP) is 1.31. The standard InChI is InChI=1S/C12H16FNO3/c1-14-7-10(12(15)17-3)9-5-4-8(13)6-11(9)16-2/h4-6,10,14H,7H2,1-3H3. The molecule has 1 rings (SSSR count). The monoisotopic (exact) mass is 241 g/mol. The first kappa shape index (κ1) is 13.4. The number of hydrogen-bond donors (Lipinski definition) is 1. The Labute approximate surface area is 99.7 Å². The molecule has 0 heterocycles. The number of halogens is 1. The van der Waals surface area contributed by atoms with Crippen LogP contribution in [0.15, 0.2) is 18.2 Å². The van der Waals surface area contributed by atoms with Gasteiger partial charge in [0.05, 0.1) is 20.1 Å². The molecule has 5 heteroatoms. The van der Waals surface area contributed by atoms with Crippen molar-refractivity contribution in [3.8, 4) is 5.75 Å². The summed E-state index contributed by atoms with van der Waals surface area (Å²) in [6, 6.07) is 4.08. The Morgan fingerprint density at radius 3 is 2.71 bits per heavy atom. The third kappa shape index (κ3) is 3.17. The normalized spacial score (nSPS) is 12.0. The average Bonchev–Trinajstić information content (AvgIpc) is 2.35. The summed E-state index contributed by atoms with van der Waals surface area (Å²) in [5.41, 5.74) is 0.607. The van der Waals surface area contributed by atoms with Gasteiger partial charge in [-0.1, -0.05) is 6.07 Å². The fourth-order valence-electron chi connectivity index (χ4n) is 1.64. The Bertz CT molecular complexity index is 395. The minimum Gasteiger partial charge on any atom is -0.496 e. The molecule has 0 aliphatic heterocycles. The Balaban J connectivity index is 3.12. The van der Waals surface area contributed by atoms with Crippen LogP contribution in [0, 0.1) is 5.82 Å². The molecule has 0 fully saturated rings. The topological polar surface area (TPSA) is 47.6 Å². The molecular weight excluding hydrogens is 225 g/mol. The number of hydrogen-bond acceptors (Lipinski definition) is 4. The molecule has 1 aromatic rings. The van der Waals surface area contributed by atoms with Crippen molar-refractivity contribution in [3.05, 3.63) is 29.6 Å². The zero-order valence-corrected chi connectivity index (χ0v) is 10.1. The van der Waals surface area contributed by atoms with E-state index in [9.17, 15) is 9.18 Å². The van der Waals surface area contributed by atoms with Crippen LogP contribution in [0.1, 0.15) is 11.5 Å². The number of nitrogens with one attached hydrogen (secondary N) is 1. The number of benzene rings is 1. The van der Waals surface area contributed by atoms with E-state index in [4.69, 9.17) is 9.47 Å². The van der Waals surface area contributed by atoms with Gasteiger partial charge in [-0.15, -0.1) is 0 Å². The SMILES string of the molecule is CNCC(C(=O)OC)c1ccc(F)cc1OC. The van der Waals surface area contributed by atoms with E-state index in [0.29, 0.717) is 17.9 Å². The highest BCUT2D eigenvalue weighted by Crippen LogP contribution is 2.28. The van der Waals surface area contributed by atoms with Gasteiger partial charge in [-0.05, 0) is 13.1 Å². The molecule has 0 saturated heterocycles. The van der Waals surface area contributed by atoms with Gasteiger partial charge in [0.1, 0.15) is 11.6 Å². The maximum Gasteiger partial charge on any atom is 0.314 e. The van der Waals surface area contributed by atoms with Crippen LogP contribution in [0.5, 0.6) is 5.75 Å². The molecule has 0 amide bonds. The lowest BCUT2D eigenvalue weighted by Crippen LogP contribution is -2.25. The lowest BCUT2D eigenvalue weighted by molar-refractivity contribution is -0.142. The molecular formula is C12H16FNO3. The molecule has 0 bridgehead atoms. The second-order valence-electron chi connectivity index (χ2n) is 3.52. The van der Waals surface area contributed by atoms with Gasteiger partial charge in [0.15, 0.2) is 0 Å². The zero-order chi connectivity index (χ0) is 12.8. The van der Waals surface area contributed by atoms with Crippen molar-refractivity contribution < 1.29 is 18.7 Å². The fourth-order valence-corrected chi connectivity index (χ4v) is 1.64. The van der Waals surface area contributed by atoms with E-state index in [1.54, 1.807) is 7.05 Å². The summed E-state index contributed by atoms with van der Waals surface area (Å²) < 4.78 is 22.8. The minimum absolute atomic E-state index is 0.343. The van der Waals surface area contributed by atoms with Crippen LogP contribution in [0.25, 0.3) is 0 Å². The Hall–Kier alpha value is -1.62. The van der Waals surface area contributed by atoms with Crippen LogP contribution in [-0.4, -0.2) is 33.8 Å². The lowest BCUT2D eigenvalue weighted by atomic mass is 9.98. The molecule has 94 valence electrons. The fraction of sp³-hybridized carbons (Fsp3) is 0.417. The van der Waals surface area contributed by atoms with Crippen molar-refractivity contribution in [2.24, 2.45) is 0 Å². The van der Waals surface area contributed by atoms with E-state index in [2.05, 4.69) is 5.32 Å². The van der Waals surface area contributed by atoms with Crippen molar-refractivity contribution in [2.75, 3.05) is 27.8 Å². The highest BCUT2D eigenvalue weighted by atomic mass is 19.1. The molecule has 4 nitrogen and oxygen atoms in total. The lowest BCUT2D eigenvalue weighted by Gasteiger charge is -2.17. The van der Waals surface area contributed by atoms with E-state index in [0.717, 1.165) is 0 Å². The quantitative estimate of drug-likeness (QED) is 0.790. The molecule has 0 saturated carbocycles. The maximum atomic E-state index is 13.1. The Kier molecular flexibility index (Phi) is 4.90. The molecule has 17 heavy (non-hydrogen) atoms. The molecule has 0 aliphatic rings. The van der Waals surface area contributed by atoms with Crippen LogP contribution >= 0.6 is 0 Å². The molecule has 1 atom stereocenters. The van der Waals surface area contributed by atoms with Crippen molar-refractivity contribution >= 4 is 5.97 Å². The van der Waals surface area contributed by atoms with E-state index >= 15 is 0 Å². The van der Waals surface area contributed by atoms with E-state index in [-0.39, 0.29) is 5.97 Å². The van der Waals surface area contributed by atoms with Gasteiger partial charge in [-0.25, -0.2) is 4.39 Å². The first-order valence-electron chi connectivity index (χ1n) is 5.20. The van der Waals surface area contributed by atoms with Gasteiger partial charge in [-0.2, -0.15) is 0 Å². The number of methoxy groups -OCH3 is 2. The molecule has 0 aromatic heterocycles. The Morgan fingerprint density at radius 2 is 2.18 bits per heavy atom. The predicted molar refractivity (Wildman–Crippen MR) is 61.6 cm³/mol. The molecule has 1 unspecified atom stereocenters. The number of esters is 1. The summed E-state index contributed by atoms with van der Waals surface area (Å²) in [4.78, 5) is 11.6. The summed E-state index contributed by atoms with van der Waals surface area (Å²) in [7, 11) is 4.49. The van der Waals surface area contributed by atoms with Crippen molar-refractivity contribution in [1.82, 2.24) is 5.32 Å². The summed E-state index contributed by atoms with van der Waals surface area (Å²) in [5.74, 6) is -0.959. The van der Waals surface area contributed by atoms with Crippen LogP contribution in [0.4, 0.5) is 4.39 Å². The molecule has 0 radical (unpaired) electrons. The zero-order valence-electron chi connectivity index (χ0n) is 10.1. The van der Waals surface area contributed by atoms with Crippen molar-refractivity contribution in [1.29, 1.82) is 0 Å². The summed E-state index contributed by atoms with van der Waals surface area (Å²) in [6.07, 6.45) is 0. The van der Waals surface area contributed by atoms with Crippen LogP contribution in [-0.2, 0) is 9.53 Å². The number of carbonyl (C=O) groups excluding carboxylic acids is 1. The second-order valence-corrected chi connectivity index (χ2v) is 3.52. The summed E-state index contributed by atoms with van der Waals surface area (Å²) in [6.45, 7) is 0.397. The average molecular weight is 241 g/mol. The third-order valence-corrected chi connectivity index (χ3v) is 2.46. The first-order chi connectivity index (χ1) is 8.13. The maximum absolute atomic E-state index is 13.1. The highest BCUT2D eigenvalue weighted by molar-refractivity contribution is 5.79. The van der Waals surface area contributed by atoms with Crippen molar-refractivity contribution in [2.45, 2.75) is 5.92 Å². The van der Waals surface area contributed by atoms with Crippen LogP contribution < -0.4 is 10.1 Å². The van der Waals surface area contributed by atoms with Gasteiger partial charge in [-0.3, -0.25) is 4.79 Å². The van der Waals surface area contributed by atoms with Crippen LogP contribution in [0.3, 0.4) is 0 Å². The van der Waals surface area contributed by atoms with E-state index in [1.807, 2.05) is 0 Å². The van der Waals surface area contributed by atoms with E-state index < -0.39 is 11.7 Å². The minimum atomic E-state index is -0.513. The number of ether oxygens (including phenoxy) is 2. The number of likely N-dealkylation sites (N-methyl/N-ethyl adjacent to an activating group) is 1. The summed E-state index contributed by atoms with van der Waals surface area (Å²) >= 11 is 0. The van der Waals surface area contributed by atoms with Gasteiger partial charge in [0.2, 0.25) is 0 Å². The van der Waals surface area contributed by atoms with Crippen molar-refractivity contribution in [3.63, 3.8) is 0 Å². The van der Waals surface area contributed by atoms with Gasteiger partial charge < -0.3 is 14.8 Å². The molecule has 0 aliphatic carbocycles. The number of carbonyl (C=O) groups is 1. The smallest absolute Gasteiger partial charge is 0.314 e. The largest absolute Gasteiger partial charge is 0.496 e. The summed E-state index contributed by atoms with van der Waals surface area (Å²) in [5, 5.41) is 2.90. The van der Waals surface area contributed by atoms with E-state index in [1.165, 1.54) is 32.4 Å². The van der Waals surface area contributed by atoms with Gasteiger partial charge in [0.25, 0.3) is 0 Å². The first-order valence-corrected chi connectivity index (χ1v) is 5.20. The van der Waals surface area contributed by atoms with Gasteiger partial charge in [0, 0.05) is 18.2 Å². The van der Waals surface area contributed by atoms with Crippen LogP contribution in [0.2, 0.25) is 0 Å². The molecule has 1 N–H and O–H groups in total.